The first-order chi connectivity index (χ1) is 12.5. The van der Waals surface area contributed by atoms with Gasteiger partial charge in [0.05, 0.1) is 16.8 Å². The Morgan fingerprint density at radius 2 is 2.00 bits per heavy atom. The lowest BCUT2D eigenvalue weighted by Crippen LogP contribution is -2.08. The molecule has 3 aromatic rings. The Morgan fingerprint density at radius 1 is 1.23 bits per heavy atom. The zero-order valence-corrected chi connectivity index (χ0v) is 14.1. The molecule has 7 nitrogen and oxygen atoms in total. The lowest BCUT2D eigenvalue weighted by atomic mass is 10.2. The molecule has 0 aliphatic rings. The number of hydrogen-bond acceptors (Lipinski definition) is 4. The van der Waals surface area contributed by atoms with Gasteiger partial charge in [-0.05, 0) is 30.3 Å². The second kappa shape index (κ2) is 7.62. The predicted octanol–water partition coefficient (Wildman–Crippen LogP) is 4.09. The van der Waals surface area contributed by atoms with E-state index >= 15 is 0 Å². The molecule has 0 unspecified atom stereocenters. The van der Waals surface area contributed by atoms with E-state index in [1.165, 1.54) is 24.3 Å². The number of hydrogen-bond donors (Lipinski definition) is 1. The summed E-state index contributed by atoms with van der Waals surface area (Å²) >= 11 is 5.74. The molecule has 0 bridgehead atoms. The van der Waals surface area contributed by atoms with Gasteiger partial charge in [-0.15, -0.1) is 0 Å². The molecule has 0 saturated carbocycles. The quantitative estimate of drug-likeness (QED) is 0.417. The molecule has 0 radical (unpaired) electrons. The molecule has 1 aromatic heterocycles. The van der Waals surface area contributed by atoms with Crippen molar-refractivity contribution in [1.82, 2.24) is 9.78 Å². The highest BCUT2D eigenvalue weighted by molar-refractivity contribution is 6.32. The lowest BCUT2D eigenvalue weighted by Gasteiger charge is -2.02. The number of nitrogens with zero attached hydrogens (tertiary/aromatic N) is 3. The maximum Gasteiger partial charge on any atom is 0.289 e. The number of anilines is 1. The standard InChI is InChI=1S/C18H13ClN4O3/c19-16-8-7-14(10-17(16)23(25)26)21-18(24)9-6-13-11-20-22(12-13)15-4-2-1-3-5-15/h1-12H,(H,21,24)/b9-6+. The molecule has 3 rings (SSSR count). The van der Waals surface area contributed by atoms with Gasteiger partial charge in [-0.2, -0.15) is 5.10 Å². The van der Waals surface area contributed by atoms with Crippen LogP contribution in [0.4, 0.5) is 11.4 Å². The van der Waals surface area contributed by atoms with E-state index in [1.807, 2.05) is 30.3 Å². The van der Waals surface area contributed by atoms with E-state index in [9.17, 15) is 14.9 Å². The van der Waals surface area contributed by atoms with E-state index in [2.05, 4.69) is 10.4 Å². The first-order valence-corrected chi connectivity index (χ1v) is 7.94. The Balaban J connectivity index is 1.68. The summed E-state index contributed by atoms with van der Waals surface area (Å²) in [5.74, 6) is -0.422. The SMILES string of the molecule is O=C(/C=C/c1cnn(-c2ccccc2)c1)Nc1ccc(Cl)c([N+](=O)[O-])c1. The Labute approximate surface area is 153 Å². The second-order valence-corrected chi connectivity index (χ2v) is 5.71. The topological polar surface area (TPSA) is 90.1 Å². The van der Waals surface area contributed by atoms with E-state index in [-0.39, 0.29) is 16.4 Å². The van der Waals surface area contributed by atoms with Gasteiger partial charge in [0.15, 0.2) is 0 Å². The largest absolute Gasteiger partial charge is 0.322 e. The van der Waals surface area contributed by atoms with Crippen LogP contribution in [0.5, 0.6) is 0 Å². The zero-order chi connectivity index (χ0) is 18.5. The van der Waals surface area contributed by atoms with Crippen LogP contribution in [-0.2, 0) is 4.79 Å². The van der Waals surface area contributed by atoms with Crippen molar-refractivity contribution in [1.29, 1.82) is 0 Å². The van der Waals surface area contributed by atoms with E-state index < -0.39 is 10.8 Å². The van der Waals surface area contributed by atoms with E-state index in [0.717, 1.165) is 11.3 Å². The number of nitro groups is 1. The Hall–Kier alpha value is -3.45. The van der Waals surface area contributed by atoms with Crippen molar-refractivity contribution in [2.75, 3.05) is 5.32 Å². The van der Waals surface area contributed by atoms with Crippen molar-refractivity contribution in [3.05, 3.63) is 87.7 Å². The van der Waals surface area contributed by atoms with Gasteiger partial charge in [-0.1, -0.05) is 29.8 Å². The molecule has 1 N–H and O–H groups in total. The molecule has 0 fully saturated rings. The third-order valence-corrected chi connectivity index (χ3v) is 3.78. The smallest absolute Gasteiger partial charge is 0.289 e. The summed E-state index contributed by atoms with van der Waals surface area (Å²) in [5, 5.41) is 17.7. The normalized spacial score (nSPS) is 10.8. The van der Waals surface area contributed by atoms with Crippen molar-refractivity contribution in [2.45, 2.75) is 0 Å². The minimum absolute atomic E-state index is 0.0110. The monoisotopic (exact) mass is 368 g/mol. The number of halogens is 1. The van der Waals surface area contributed by atoms with Crippen LogP contribution in [0.1, 0.15) is 5.56 Å². The highest BCUT2D eigenvalue weighted by Crippen LogP contribution is 2.27. The molecule has 26 heavy (non-hydrogen) atoms. The summed E-state index contributed by atoms with van der Waals surface area (Å²) in [4.78, 5) is 22.3. The third kappa shape index (κ3) is 4.14. The Bertz CT molecular complexity index is 983. The molecule has 130 valence electrons. The highest BCUT2D eigenvalue weighted by atomic mass is 35.5. The molecule has 0 aliphatic heterocycles. The van der Waals surface area contributed by atoms with Gasteiger partial charge in [0.1, 0.15) is 5.02 Å². The maximum atomic E-state index is 12.0. The minimum Gasteiger partial charge on any atom is -0.322 e. The molecular weight excluding hydrogens is 356 g/mol. The van der Waals surface area contributed by atoms with Crippen LogP contribution in [0.3, 0.4) is 0 Å². The van der Waals surface area contributed by atoms with Gasteiger partial charge >= 0.3 is 0 Å². The van der Waals surface area contributed by atoms with E-state index in [1.54, 1.807) is 23.2 Å². The number of para-hydroxylation sites is 1. The molecule has 0 spiro atoms. The number of rotatable bonds is 5. The number of nitrogens with one attached hydrogen (secondary N) is 1. The fourth-order valence-corrected chi connectivity index (χ4v) is 2.42. The third-order valence-electron chi connectivity index (χ3n) is 3.46. The summed E-state index contributed by atoms with van der Waals surface area (Å²) in [5.41, 5.74) is 1.67. The number of carbonyl (C=O) groups is 1. The van der Waals surface area contributed by atoms with Crippen LogP contribution in [-0.4, -0.2) is 20.6 Å². The minimum atomic E-state index is -0.605. The fraction of sp³-hybridized carbons (Fsp3) is 0. The van der Waals surface area contributed by atoms with Gasteiger partial charge < -0.3 is 5.32 Å². The number of carbonyl (C=O) groups excluding carboxylic acids is 1. The van der Waals surface area contributed by atoms with Gasteiger partial charge in [0.25, 0.3) is 5.69 Å². The molecular formula is C18H13ClN4O3. The van der Waals surface area contributed by atoms with Gasteiger partial charge in [-0.3, -0.25) is 14.9 Å². The summed E-state index contributed by atoms with van der Waals surface area (Å²) < 4.78 is 1.69. The predicted molar refractivity (Wildman–Crippen MR) is 99.3 cm³/mol. The van der Waals surface area contributed by atoms with E-state index in [4.69, 9.17) is 11.6 Å². The highest BCUT2D eigenvalue weighted by Gasteiger charge is 2.13. The summed E-state index contributed by atoms with van der Waals surface area (Å²) in [6.07, 6.45) is 6.34. The van der Waals surface area contributed by atoms with Crippen LogP contribution in [0.2, 0.25) is 5.02 Å². The maximum absolute atomic E-state index is 12.0. The summed E-state index contributed by atoms with van der Waals surface area (Å²) in [6.45, 7) is 0. The lowest BCUT2D eigenvalue weighted by molar-refractivity contribution is -0.384. The Kier molecular flexibility index (Phi) is 5.09. The molecule has 0 atom stereocenters. The molecule has 1 amide bonds. The van der Waals surface area contributed by atoms with Crippen LogP contribution in [0.15, 0.2) is 67.0 Å². The molecule has 1 heterocycles. The van der Waals surface area contributed by atoms with Crippen molar-refractivity contribution in [3.63, 3.8) is 0 Å². The van der Waals surface area contributed by atoms with Crippen molar-refractivity contribution >= 4 is 35.0 Å². The van der Waals surface area contributed by atoms with Crippen LogP contribution in [0, 0.1) is 10.1 Å². The molecule has 0 saturated heterocycles. The average Bonchev–Trinajstić information content (AvgIpc) is 3.11. The second-order valence-electron chi connectivity index (χ2n) is 5.30. The number of nitro benzene ring substituents is 1. The fourth-order valence-electron chi connectivity index (χ4n) is 2.23. The van der Waals surface area contributed by atoms with E-state index in [0.29, 0.717) is 0 Å². The Morgan fingerprint density at radius 3 is 2.73 bits per heavy atom. The summed E-state index contributed by atoms with van der Waals surface area (Å²) in [7, 11) is 0. The first kappa shape index (κ1) is 17.4. The number of amides is 1. The molecule has 2 aromatic carbocycles. The number of aromatic nitrogens is 2. The molecule has 0 aliphatic carbocycles. The average molecular weight is 369 g/mol. The van der Waals surface area contributed by atoms with Crippen LogP contribution < -0.4 is 5.32 Å². The van der Waals surface area contributed by atoms with Gasteiger partial charge in [-0.25, -0.2) is 4.68 Å². The van der Waals surface area contributed by atoms with Crippen molar-refractivity contribution in [2.24, 2.45) is 0 Å². The van der Waals surface area contributed by atoms with Crippen LogP contribution in [0.25, 0.3) is 11.8 Å². The number of benzene rings is 2. The zero-order valence-electron chi connectivity index (χ0n) is 13.4. The van der Waals surface area contributed by atoms with Gasteiger partial charge in [0.2, 0.25) is 5.91 Å². The van der Waals surface area contributed by atoms with Crippen molar-refractivity contribution < 1.29 is 9.72 Å². The first-order valence-electron chi connectivity index (χ1n) is 7.56. The van der Waals surface area contributed by atoms with Crippen molar-refractivity contribution in [3.8, 4) is 5.69 Å². The summed E-state index contributed by atoms with van der Waals surface area (Å²) in [6, 6.07) is 13.6. The van der Waals surface area contributed by atoms with Gasteiger partial charge in [0, 0.05) is 29.6 Å². The van der Waals surface area contributed by atoms with Crippen LogP contribution >= 0.6 is 11.6 Å². The molecule has 8 heteroatoms.